The Bertz CT molecular complexity index is 383. The minimum atomic E-state index is -1.33. The van der Waals surface area contributed by atoms with Crippen LogP contribution in [0.3, 0.4) is 0 Å². The quantitative estimate of drug-likeness (QED) is 0.701. The Hall–Kier alpha value is -1.34. The summed E-state index contributed by atoms with van der Waals surface area (Å²) in [5.74, 6) is -3.80. The molecule has 1 aromatic rings. The smallest absolute Gasteiger partial charge is 0.251 e. The monoisotopic (exact) mass is 264 g/mol. The molecule has 0 aliphatic carbocycles. The molecule has 1 rings (SSSR count). The minimum absolute atomic E-state index is 0.247. The van der Waals surface area contributed by atoms with Gasteiger partial charge in [0.1, 0.15) is 0 Å². The van der Waals surface area contributed by atoms with Gasteiger partial charge >= 0.3 is 0 Å². The maximum Gasteiger partial charge on any atom is 0.251 e. The highest BCUT2D eigenvalue weighted by atomic mass is 19.2. The number of hydrogen-bond donors (Lipinski definition) is 0. The van der Waals surface area contributed by atoms with Gasteiger partial charge in [-0.15, -0.1) is 0 Å². The molecule has 0 fully saturated rings. The Labute approximate surface area is 103 Å². The molecule has 1 aromatic heterocycles. The van der Waals surface area contributed by atoms with Crippen LogP contribution in [0.5, 0.6) is 0 Å². The largest absolute Gasteiger partial charge is 0.383 e. The zero-order valence-electron chi connectivity index (χ0n) is 10.3. The van der Waals surface area contributed by atoms with Gasteiger partial charge < -0.3 is 14.4 Å². The van der Waals surface area contributed by atoms with E-state index in [-0.39, 0.29) is 5.82 Å². The Morgan fingerprint density at radius 1 is 1.06 bits per heavy atom. The van der Waals surface area contributed by atoms with Crippen LogP contribution in [-0.2, 0) is 9.47 Å². The first-order valence-electron chi connectivity index (χ1n) is 5.34. The van der Waals surface area contributed by atoms with Gasteiger partial charge in [-0.1, -0.05) is 0 Å². The van der Waals surface area contributed by atoms with Crippen molar-refractivity contribution in [3.05, 3.63) is 23.6 Å². The van der Waals surface area contributed by atoms with Crippen LogP contribution in [0.15, 0.2) is 6.07 Å². The van der Waals surface area contributed by atoms with Gasteiger partial charge in [-0.3, -0.25) is 0 Å². The number of nitrogens with zero attached hydrogens (tertiary/aromatic N) is 2. The summed E-state index contributed by atoms with van der Waals surface area (Å²) in [6.45, 7) is 1.22. The first-order valence-corrected chi connectivity index (χ1v) is 5.34. The van der Waals surface area contributed by atoms with Crippen molar-refractivity contribution < 1.29 is 22.6 Å². The zero-order valence-corrected chi connectivity index (χ0v) is 10.3. The Morgan fingerprint density at radius 3 is 2.11 bits per heavy atom. The molecule has 0 saturated heterocycles. The van der Waals surface area contributed by atoms with E-state index < -0.39 is 17.6 Å². The normalized spacial score (nSPS) is 10.7. The lowest BCUT2D eigenvalue weighted by atomic mass is 10.3. The predicted molar refractivity (Wildman–Crippen MR) is 60.1 cm³/mol. The van der Waals surface area contributed by atoms with E-state index in [0.717, 1.165) is 0 Å². The van der Waals surface area contributed by atoms with E-state index in [2.05, 4.69) is 4.98 Å². The van der Waals surface area contributed by atoms with Crippen LogP contribution < -0.4 is 4.90 Å². The van der Waals surface area contributed by atoms with Crippen molar-refractivity contribution in [3.63, 3.8) is 0 Å². The molecule has 0 atom stereocenters. The molecule has 0 aliphatic heterocycles. The van der Waals surface area contributed by atoms with E-state index in [0.29, 0.717) is 32.4 Å². The third-order valence-corrected chi connectivity index (χ3v) is 2.30. The van der Waals surface area contributed by atoms with Gasteiger partial charge in [-0.25, -0.2) is 8.78 Å². The van der Waals surface area contributed by atoms with E-state index in [9.17, 15) is 13.2 Å². The molecule has 0 bridgehead atoms. The molecule has 0 saturated carbocycles. The fourth-order valence-corrected chi connectivity index (χ4v) is 1.38. The first kappa shape index (κ1) is 14.7. The number of methoxy groups -OCH3 is 2. The van der Waals surface area contributed by atoms with Gasteiger partial charge in [0.25, 0.3) is 5.95 Å². The van der Waals surface area contributed by atoms with Gasteiger partial charge in [0.2, 0.25) is 0 Å². The van der Waals surface area contributed by atoms with Gasteiger partial charge in [-0.2, -0.15) is 9.37 Å². The lowest BCUT2D eigenvalue weighted by Gasteiger charge is -2.23. The molecule has 1 heterocycles. The molecule has 0 unspecified atom stereocenters. The molecular weight excluding hydrogens is 249 g/mol. The number of hydrogen-bond acceptors (Lipinski definition) is 4. The minimum Gasteiger partial charge on any atom is -0.383 e. The third-order valence-electron chi connectivity index (χ3n) is 2.30. The summed E-state index contributed by atoms with van der Waals surface area (Å²) in [5, 5.41) is 0. The third kappa shape index (κ3) is 3.85. The van der Waals surface area contributed by atoms with Crippen LogP contribution in [0.1, 0.15) is 0 Å². The van der Waals surface area contributed by atoms with Crippen molar-refractivity contribution in [2.45, 2.75) is 0 Å². The molecule has 0 amide bonds. The van der Waals surface area contributed by atoms with Gasteiger partial charge in [0.05, 0.1) is 13.2 Å². The molecular formula is C11H15F3N2O2. The number of rotatable bonds is 7. The summed E-state index contributed by atoms with van der Waals surface area (Å²) in [5.41, 5.74) is 0. The molecule has 7 heteroatoms. The van der Waals surface area contributed by atoms with Crippen molar-refractivity contribution in [1.29, 1.82) is 0 Å². The SMILES string of the molecule is COCCN(CCOC)c1nc(F)c(F)cc1F. The summed E-state index contributed by atoms with van der Waals surface area (Å²) in [6.07, 6.45) is 0. The number of aromatic nitrogens is 1. The van der Waals surface area contributed by atoms with Crippen LogP contribution in [0, 0.1) is 17.6 Å². The fourth-order valence-electron chi connectivity index (χ4n) is 1.38. The molecule has 0 aromatic carbocycles. The highest BCUT2D eigenvalue weighted by molar-refractivity contribution is 5.40. The summed E-state index contributed by atoms with van der Waals surface area (Å²) in [4.78, 5) is 4.71. The summed E-state index contributed by atoms with van der Waals surface area (Å²) in [7, 11) is 2.98. The summed E-state index contributed by atoms with van der Waals surface area (Å²) in [6, 6.07) is 0.476. The topological polar surface area (TPSA) is 34.6 Å². The van der Waals surface area contributed by atoms with Crippen molar-refractivity contribution >= 4 is 5.82 Å². The van der Waals surface area contributed by atoms with Crippen molar-refractivity contribution in [3.8, 4) is 0 Å². The molecule has 0 N–H and O–H groups in total. The van der Waals surface area contributed by atoms with Crippen molar-refractivity contribution in [1.82, 2.24) is 4.98 Å². The summed E-state index contributed by atoms with van der Waals surface area (Å²) < 4.78 is 49.1. The summed E-state index contributed by atoms with van der Waals surface area (Å²) >= 11 is 0. The van der Waals surface area contributed by atoms with E-state index in [4.69, 9.17) is 9.47 Å². The second-order valence-corrected chi connectivity index (χ2v) is 3.54. The predicted octanol–water partition coefficient (Wildman–Crippen LogP) is 1.60. The molecule has 18 heavy (non-hydrogen) atoms. The number of halogens is 3. The average molecular weight is 264 g/mol. The molecule has 102 valence electrons. The van der Waals surface area contributed by atoms with Gasteiger partial charge in [0.15, 0.2) is 17.5 Å². The van der Waals surface area contributed by atoms with Crippen molar-refractivity contribution in [2.24, 2.45) is 0 Å². The Balaban J connectivity index is 2.92. The van der Waals surface area contributed by atoms with Crippen molar-refractivity contribution in [2.75, 3.05) is 45.4 Å². The Kier molecular flexibility index (Phi) is 5.87. The van der Waals surface area contributed by atoms with E-state index in [1.807, 2.05) is 0 Å². The van der Waals surface area contributed by atoms with E-state index >= 15 is 0 Å². The standard InChI is InChI=1S/C11H15F3N2O2/c1-17-5-3-16(4-6-18-2)11-9(13)7-8(12)10(14)15-11/h7H,3-6H2,1-2H3. The van der Waals surface area contributed by atoms with Crippen LogP contribution >= 0.6 is 0 Å². The second-order valence-electron chi connectivity index (χ2n) is 3.54. The number of ether oxygens (including phenoxy) is 2. The average Bonchev–Trinajstić information content (AvgIpc) is 2.35. The van der Waals surface area contributed by atoms with Gasteiger partial charge in [0, 0.05) is 33.4 Å². The molecule has 0 aliphatic rings. The van der Waals surface area contributed by atoms with Crippen LogP contribution in [0.25, 0.3) is 0 Å². The zero-order chi connectivity index (χ0) is 13.5. The molecule has 0 spiro atoms. The van der Waals surface area contributed by atoms with Crippen LogP contribution in [0.2, 0.25) is 0 Å². The first-order chi connectivity index (χ1) is 8.60. The second kappa shape index (κ2) is 7.17. The van der Waals surface area contributed by atoms with E-state index in [1.165, 1.54) is 19.1 Å². The number of pyridine rings is 1. The lowest BCUT2D eigenvalue weighted by molar-refractivity contribution is 0.189. The molecule has 0 radical (unpaired) electrons. The number of anilines is 1. The highest BCUT2D eigenvalue weighted by Crippen LogP contribution is 2.18. The van der Waals surface area contributed by atoms with Gasteiger partial charge in [-0.05, 0) is 0 Å². The fraction of sp³-hybridized carbons (Fsp3) is 0.545. The van der Waals surface area contributed by atoms with Crippen LogP contribution in [0.4, 0.5) is 19.0 Å². The maximum atomic E-state index is 13.5. The lowest BCUT2D eigenvalue weighted by Crippen LogP contribution is -2.32. The maximum absolute atomic E-state index is 13.5. The molecule has 4 nitrogen and oxygen atoms in total. The van der Waals surface area contributed by atoms with Crippen LogP contribution in [-0.4, -0.2) is 45.5 Å². The highest BCUT2D eigenvalue weighted by Gasteiger charge is 2.17. The van der Waals surface area contributed by atoms with E-state index in [1.54, 1.807) is 0 Å². The Morgan fingerprint density at radius 2 is 1.61 bits per heavy atom.